The van der Waals surface area contributed by atoms with Crippen molar-refractivity contribution in [1.29, 1.82) is 0 Å². The van der Waals surface area contributed by atoms with Gasteiger partial charge < -0.3 is 15.0 Å². The summed E-state index contributed by atoms with van der Waals surface area (Å²) >= 11 is 24.1. The maximum absolute atomic E-state index is 12.9. The molecule has 1 atom stereocenters. The number of hydrogen-bond acceptors (Lipinski definition) is 3. The number of nitrogens with one attached hydrogen (secondary N) is 1. The average Bonchev–Trinajstić information content (AvgIpc) is 2.66. The fraction of sp³-hybridized carbons (Fsp3) is 0.300. The van der Waals surface area contributed by atoms with Gasteiger partial charge in [-0.3, -0.25) is 9.59 Å². The van der Waals surface area contributed by atoms with Gasteiger partial charge in [-0.05, 0) is 49.7 Å². The second kappa shape index (κ2) is 10.9. The maximum Gasteiger partial charge on any atom is 0.261 e. The summed E-state index contributed by atoms with van der Waals surface area (Å²) in [6.45, 7) is 3.70. The molecule has 156 valence electrons. The Morgan fingerprint density at radius 2 is 1.66 bits per heavy atom. The summed E-state index contributed by atoms with van der Waals surface area (Å²) in [5.41, 5.74) is 0.657. The van der Waals surface area contributed by atoms with Gasteiger partial charge >= 0.3 is 0 Å². The molecule has 0 bridgehead atoms. The second-order valence-electron chi connectivity index (χ2n) is 6.19. The summed E-state index contributed by atoms with van der Waals surface area (Å²) in [5, 5.41) is 4.34. The first-order valence-electron chi connectivity index (χ1n) is 8.81. The van der Waals surface area contributed by atoms with Gasteiger partial charge in [-0.15, -0.1) is 0 Å². The van der Waals surface area contributed by atoms with Crippen LogP contribution in [0.2, 0.25) is 20.1 Å². The van der Waals surface area contributed by atoms with Crippen molar-refractivity contribution < 1.29 is 14.3 Å². The van der Waals surface area contributed by atoms with E-state index < -0.39 is 11.9 Å². The Labute approximate surface area is 189 Å². The van der Waals surface area contributed by atoms with Gasteiger partial charge in [0.05, 0.1) is 5.02 Å². The van der Waals surface area contributed by atoms with Crippen molar-refractivity contribution in [2.75, 3.05) is 13.2 Å². The standard InChI is InChI=1S/C20H20Cl4N2O3/c1-3-25-20(28)12(2)26(10-13-4-5-14(21)8-16(13)23)19(27)11-29-18-7-6-15(22)9-17(18)24/h4-9,12H,3,10-11H2,1-2H3,(H,25,28)/t12-/m1/s1. The van der Waals surface area contributed by atoms with E-state index >= 15 is 0 Å². The van der Waals surface area contributed by atoms with E-state index in [1.165, 1.54) is 11.0 Å². The Kier molecular flexibility index (Phi) is 8.90. The number of amides is 2. The van der Waals surface area contributed by atoms with Gasteiger partial charge in [-0.1, -0.05) is 52.5 Å². The average molecular weight is 478 g/mol. The molecule has 29 heavy (non-hydrogen) atoms. The molecule has 0 aliphatic rings. The summed E-state index contributed by atoms with van der Waals surface area (Å²) < 4.78 is 5.54. The van der Waals surface area contributed by atoms with Crippen molar-refractivity contribution in [3.63, 3.8) is 0 Å². The first-order chi connectivity index (χ1) is 13.7. The fourth-order valence-corrected chi connectivity index (χ4v) is 3.48. The molecule has 0 unspecified atom stereocenters. The minimum absolute atomic E-state index is 0.116. The zero-order chi connectivity index (χ0) is 21.6. The number of halogens is 4. The van der Waals surface area contributed by atoms with Crippen LogP contribution in [0, 0.1) is 0 Å². The monoisotopic (exact) mass is 476 g/mol. The number of carbonyl (C=O) groups is 2. The molecule has 0 aliphatic heterocycles. The third-order valence-corrected chi connectivity index (χ3v) is 5.24. The quantitative estimate of drug-likeness (QED) is 0.566. The predicted octanol–water partition coefficient (Wildman–Crippen LogP) is 5.23. The van der Waals surface area contributed by atoms with Crippen LogP contribution < -0.4 is 10.1 Å². The summed E-state index contributed by atoms with van der Waals surface area (Å²) in [5.74, 6) is -0.365. The van der Waals surface area contributed by atoms with Crippen LogP contribution in [0.25, 0.3) is 0 Å². The van der Waals surface area contributed by atoms with Crippen LogP contribution in [0.1, 0.15) is 19.4 Å². The van der Waals surface area contributed by atoms with E-state index in [2.05, 4.69) is 5.32 Å². The number of ether oxygens (including phenoxy) is 1. The smallest absolute Gasteiger partial charge is 0.261 e. The minimum atomic E-state index is -0.738. The second-order valence-corrected chi connectivity index (χ2v) is 7.88. The molecule has 0 saturated carbocycles. The molecule has 0 aromatic heterocycles. The Balaban J connectivity index is 2.20. The highest BCUT2D eigenvalue weighted by Crippen LogP contribution is 2.28. The zero-order valence-corrected chi connectivity index (χ0v) is 18.9. The molecule has 0 spiro atoms. The summed E-state index contributed by atoms with van der Waals surface area (Å²) in [4.78, 5) is 26.7. The van der Waals surface area contributed by atoms with Gasteiger partial charge in [0.2, 0.25) is 5.91 Å². The van der Waals surface area contributed by atoms with Crippen LogP contribution in [-0.4, -0.2) is 35.9 Å². The van der Waals surface area contributed by atoms with Crippen molar-refractivity contribution >= 4 is 58.2 Å². The van der Waals surface area contributed by atoms with E-state index in [1.807, 2.05) is 0 Å². The van der Waals surface area contributed by atoms with Gasteiger partial charge in [0.15, 0.2) is 6.61 Å². The van der Waals surface area contributed by atoms with Crippen molar-refractivity contribution in [1.82, 2.24) is 10.2 Å². The molecule has 2 amide bonds. The summed E-state index contributed by atoms with van der Waals surface area (Å²) in [7, 11) is 0. The largest absolute Gasteiger partial charge is 0.482 e. The summed E-state index contributed by atoms with van der Waals surface area (Å²) in [6, 6.07) is 8.94. The van der Waals surface area contributed by atoms with Crippen LogP contribution >= 0.6 is 46.4 Å². The third-order valence-electron chi connectivity index (χ3n) is 4.12. The van der Waals surface area contributed by atoms with E-state index in [-0.39, 0.29) is 24.1 Å². The lowest BCUT2D eigenvalue weighted by atomic mass is 10.1. The molecule has 0 heterocycles. The van der Waals surface area contributed by atoms with E-state index in [9.17, 15) is 9.59 Å². The van der Waals surface area contributed by atoms with E-state index in [1.54, 1.807) is 44.2 Å². The molecule has 2 rings (SSSR count). The third kappa shape index (κ3) is 6.68. The highest BCUT2D eigenvalue weighted by Gasteiger charge is 2.27. The van der Waals surface area contributed by atoms with Crippen LogP contribution in [0.5, 0.6) is 5.75 Å². The highest BCUT2D eigenvalue weighted by atomic mass is 35.5. The van der Waals surface area contributed by atoms with Crippen molar-refractivity contribution in [2.45, 2.75) is 26.4 Å². The van der Waals surface area contributed by atoms with Gasteiger partial charge in [-0.2, -0.15) is 0 Å². The first-order valence-corrected chi connectivity index (χ1v) is 10.3. The number of likely N-dealkylation sites (N-methyl/N-ethyl adjacent to an activating group) is 1. The molecule has 0 aliphatic carbocycles. The molecule has 0 radical (unpaired) electrons. The Morgan fingerprint density at radius 3 is 2.24 bits per heavy atom. The van der Waals surface area contributed by atoms with Crippen LogP contribution in [0.4, 0.5) is 0 Å². The molecule has 5 nitrogen and oxygen atoms in total. The molecule has 9 heteroatoms. The fourth-order valence-electron chi connectivity index (χ4n) is 2.55. The first kappa shape index (κ1) is 23.6. The number of rotatable bonds is 8. The topological polar surface area (TPSA) is 58.6 Å². The molecule has 0 saturated heterocycles. The van der Waals surface area contributed by atoms with Crippen LogP contribution in [0.3, 0.4) is 0 Å². The normalized spacial score (nSPS) is 11.7. The highest BCUT2D eigenvalue weighted by molar-refractivity contribution is 6.35. The van der Waals surface area contributed by atoms with Crippen LogP contribution in [-0.2, 0) is 16.1 Å². The maximum atomic E-state index is 12.9. The lowest BCUT2D eigenvalue weighted by Crippen LogP contribution is -2.49. The number of nitrogens with zero attached hydrogens (tertiary/aromatic N) is 1. The Hall–Kier alpha value is -1.66. The SMILES string of the molecule is CCNC(=O)[C@@H](C)N(Cc1ccc(Cl)cc1Cl)C(=O)COc1ccc(Cl)cc1Cl. The molecule has 2 aromatic carbocycles. The van der Waals surface area contributed by atoms with Gasteiger partial charge in [0, 0.05) is 28.2 Å². The van der Waals surface area contributed by atoms with E-state index in [0.29, 0.717) is 32.9 Å². The number of hydrogen-bond donors (Lipinski definition) is 1. The minimum Gasteiger partial charge on any atom is -0.482 e. The molecule has 2 aromatic rings. The lowest BCUT2D eigenvalue weighted by Gasteiger charge is -2.29. The van der Waals surface area contributed by atoms with Crippen molar-refractivity contribution in [2.24, 2.45) is 0 Å². The van der Waals surface area contributed by atoms with Gasteiger partial charge in [0.1, 0.15) is 11.8 Å². The lowest BCUT2D eigenvalue weighted by molar-refractivity contribution is -0.142. The molecule has 1 N–H and O–H groups in total. The molecular weight excluding hydrogens is 458 g/mol. The predicted molar refractivity (Wildman–Crippen MR) is 117 cm³/mol. The Bertz CT molecular complexity index is 892. The van der Waals surface area contributed by atoms with E-state index in [0.717, 1.165) is 0 Å². The van der Waals surface area contributed by atoms with Gasteiger partial charge in [-0.25, -0.2) is 0 Å². The molecular formula is C20H20Cl4N2O3. The van der Waals surface area contributed by atoms with Crippen molar-refractivity contribution in [3.05, 3.63) is 62.1 Å². The number of benzene rings is 2. The summed E-state index contributed by atoms with van der Waals surface area (Å²) in [6.07, 6.45) is 0. The van der Waals surface area contributed by atoms with E-state index in [4.69, 9.17) is 51.1 Å². The molecule has 0 fully saturated rings. The Morgan fingerprint density at radius 1 is 1.03 bits per heavy atom. The van der Waals surface area contributed by atoms with Gasteiger partial charge in [0.25, 0.3) is 5.91 Å². The number of carbonyl (C=O) groups excluding carboxylic acids is 2. The zero-order valence-electron chi connectivity index (χ0n) is 15.8. The van der Waals surface area contributed by atoms with Crippen LogP contribution in [0.15, 0.2) is 36.4 Å². The van der Waals surface area contributed by atoms with Crippen molar-refractivity contribution in [3.8, 4) is 5.75 Å².